The van der Waals surface area contributed by atoms with Crippen LogP contribution in [0.5, 0.6) is 11.5 Å². The molecule has 2 aliphatic rings. The SMILES string of the molecule is CN=C(NCCCN1CCN(C)CC1c1ccccc1)Nc1ccc2c(c1)OCCCO2. The minimum atomic E-state index is 0.453. The van der Waals surface area contributed by atoms with E-state index in [1.165, 1.54) is 5.56 Å². The summed E-state index contributed by atoms with van der Waals surface area (Å²) in [6.07, 6.45) is 1.95. The van der Waals surface area contributed by atoms with Crippen LogP contribution in [0.2, 0.25) is 0 Å². The van der Waals surface area contributed by atoms with Crippen molar-refractivity contribution in [3.63, 3.8) is 0 Å². The predicted octanol–water partition coefficient (Wildman–Crippen LogP) is 3.21. The lowest BCUT2D eigenvalue weighted by atomic mass is 10.0. The molecule has 0 amide bonds. The Balaban J connectivity index is 1.27. The zero-order valence-electron chi connectivity index (χ0n) is 19.2. The Morgan fingerprint density at radius 1 is 1.06 bits per heavy atom. The number of likely N-dealkylation sites (N-methyl/N-ethyl adjacent to an activating group) is 1. The molecule has 1 atom stereocenters. The molecular weight excluding hydrogens is 402 g/mol. The van der Waals surface area contributed by atoms with E-state index in [-0.39, 0.29) is 0 Å². The number of guanidine groups is 1. The molecular formula is C25H35N5O2. The monoisotopic (exact) mass is 437 g/mol. The lowest BCUT2D eigenvalue weighted by molar-refractivity contribution is 0.0891. The number of hydrogen-bond donors (Lipinski definition) is 2. The van der Waals surface area contributed by atoms with Crippen molar-refractivity contribution in [3.8, 4) is 11.5 Å². The topological polar surface area (TPSA) is 61.4 Å². The highest BCUT2D eigenvalue weighted by atomic mass is 16.5. The number of nitrogens with one attached hydrogen (secondary N) is 2. The minimum absolute atomic E-state index is 0.453. The number of aliphatic imine (C=N–C) groups is 1. The molecule has 4 rings (SSSR count). The van der Waals surface area contributed by atoms with Crippen LogP contribution >= 0.6 is 0 Å². The van der Waals surface area contributed by atoms with Crippen LogP contribution < -0.4 is 20.1 Å². The van der Waals surface area contributed by atoms with Gasteiger partial charge in [0.1, 0.15) is 0 Å². The van der Waals surface area contributed by atoms with Crippen LogP contribution in [0.4, 0.5) is 5.69 Å². The van der Waals surface area contributed by atoms with Gasteiger partial charge in [0.2, 0.25) is 0 Å². The van der Waals surface area contributed by atoms with Gasteiger partial charge < -0.3 is 25.0 Å². The number of piperazine rings is 1. The summed E-state index contributed by atoms with van der Waals surface area (Å²) in [6.45, 7) is 6.58. The zero-order chi connectivity index (χ0) is 22.2. The fraction of sp³-hybridized carbons (Fsp3) is 0.480. The molecule has 0 aliphatic carbocycles. The molecule has 32 heavy (non-hydrogen) atoms. The van der Waals surface area contributed by atoms with Crippen molar-refractivity contribution < 1.29 is 9.47 Å². The second kappa shape index (κ2) is 11.2. The van der Waals surface area contributed by atoms with Crippen LogP contribution in [0.3, 0.4) is 0 Å². The highest BCUT2D eigenvalue weighted by Crippen LogP contribution is 2.32. The average molecular weight is 438 g/mol. The number of ether oxygens (including phenoxy) is 2. The van der Waals surface area contributed by atoms with Gasteiger partial charge in [0.25, 0.3) is 0 Å². The number of rotatable bonds is 6. The molecule has 7 heteroatoms. The zero-order valence-corrected chi connectivity index (χ0v) is 19.2. The second-order valence-electron chi connectivity index (χ2n) is 8.41. The largest absolute Gasteiger partial charge is 0.490 e. The second-order valence-corrected chi connectivity index (χ2v) is 8.41. The molecule has 1 saturated heterocycles. The first-order valence-corrected chi connectivity index (χ1v) is 11.6. The maximum absolute atomic E-state index is 5.79. The quantitative estimate of drug-likeness (QED) is 0.411. The third kappa shape index (κ3) is 5.93. The Morgan fingerprint density at radius 2 is 1.88 bits per heavy atom. The smallest absolute Gasteiger partial charge is 0.195 e. The third-order valence-electron chi connectivity index (χ3n) is 6.03. The summed E-state index contributed by atoms with van der Waals surface area (Å²) >= 11 is 0. The van der Waals surface area contributed by atoms with Crippen LogP contribution in [-0.2, 0) is 0 Å². The molecule has 0 spiro atoms. The van der Waals surface area contributed by atoms with Crippen molar-refractivity contribution in [3.05, 3.63) is 54.1 Å². The number of benzene rings is 2. The van der Waals surface area contributed by atoms with Gasteiger partial charge in [0, 0.05) is 64.0 Å². The Hall–Kier alpha value is -2.77. The highest BCUT2D eigenvalue weighted by molar-refractivity contribution is 5.93. The van der Waals surface area contributed by atoms with E-state index < -0.39 is 0 Å². The third-order valence-corrected chi connectivity index (χ3v) is 6.03. The summed E-state index contributed by atoms with van der Waals surface area (Å²) in [6, 6.07) is 17.2. The molecule has 0 saturated carbocycles. The van der Waals surface area contributed by atoms with Crippen molar-refractivity contribution in [1.29, 1.82) is 0 Å². The lowest BCUT2D eigenvalue weighted by Gasteiger charge is -2.40. The van der Waals surface area contributed by atoms with Gasteiger partial charge in [-0.3, -0.25) is 9.89 Å². The molecule has 0 radical (unpaired) electrons. The van der Waals surface area contributed by atoms with E-state index in [4.69, 9.17) is 9.47 Å². The summed E-state index contributed by atoms with van der Waals surface area (Å²) in [5.74, 6) is 2.35. The first-order chi connectivity index (χ1) is 15.7. The summed E-state index contributed by atoms with van der Waals surface area (Å²) in [4.78, 5) is 9.41. The molecule has 2 aromatic carbocycles. The molecule has 1 unspecified atom stereocenters. The van der Waals surface area contributed by atoms with Crippen molar-refractivity contribution in [2.75, 3.05) is 65.3 Å². The average Bonchev–Trinajstić information content (AvgIpc) is 3.07. The van der Waals surface area contributed by atoms with Gasteiger partial charge in [-0.05, 0) is 31.2 Å². The lowest BCUT2D eigenvalue weighted by Crippen LogP contribution is -2.47. The van der Waals surface area contributed by atoms with Crippen LogP contribution in [0.15, 0.2) is 53.5 Å². The van der Waals surface area contributed by atoms with Crippen LogP contribution in [-0.4, -0.2) is 75.8 Å². The molecule has 0 bridgehead atoms. The predicted molar refractivity (Wildman–Crippen MR) is 130 cm³/mol. The highest BCUT2D eigenvalue weighted by Gasteiger charge is 2.25. The maximum Gasteiger partial charge on any atom is 0.195 e. The van der Waals surface area contributed by atoms with E-state index in [0.29, 0.717) is 19.3 Å². The normalized spacial score (nSPS) is 19.9. The molecule has 0 aromatic heterocycles. The molecule has 2 heterocycles. The van der Waals surface area contributed by atoms with E-state index in [2.05, 4.69) is 62.8 Å². The number of fused-ring (bicyclic) bond motifs is 1. The van der Waals surface area contributed by atoms with Gasteiger partial charge in [0.15, 0.2) is 17.5 Å². The summed E-state index contributed by atoms with van der Waals surface area (Å²) in [5.41, 5.74) is 2.34. The van der Waals surface area contributed by atoms with Crippen molar-refractivity contribution in [1.82, 2.24) is 15.1 Å². The Morgan fingerprint density at radius 3 is 2.69 bits per heavy atom. The first-order valence-electron chi connectivity index (χ1n) is 11.6. The Labute approximate surface area is 191 Å². The van der Waals surface area contributed by atoms with Crippen LogP contribution in [0, 0.1) is 0 Å². The van der Waals surface area contributed by atoms with Gasteiger partial charge in [-0.2, -0.15) is 0 Å². The van der Waals surface area contributed by atoms with E-state index in [0.717, 1.165) is 68.7 Å². The fourth-order valence-electron chi connectivity index (χ4n) is 4.26. The van der Waals surface area contributed by atoms with Crippen LogP contribution in [0.1, 0.15) is 24.4 Å². The molecule has 1 fully saturated rings. The molecule has 172 valence electrons. The van der Waals surface area contributed by atoms with Crippen molar-refractivity contribution in [2.24, 2.45) is 4.99 Å². The number of nitrogens with zero attached hydrogens (tertiary/aromatic N) is 3. The van der Waals surface area contributed by atoms with Gasteiger partial charge in [-0.15, -0.1) is 0 Å². The van der Waals surface area contributed by atoms with Crippen molar-refractivity contribution in [2.45, 2.75) is 18.9 Å². The maximum atomic E-state index is 5.79. The van der Waals surface area contributed by atoms with E-state index in [1.54, 1.807) is 7.05 Å². The van der Waals surface area contributed by atoms with Gasteiger partial charge >= 0.3 is 0 Å². The van der Waals surface area contributed by atoms with Gasteiger partial charge in [-0.1, -0.05) is 30.3 Å². The van der Waals surface area contributed by atoms with E-state index in [1.807, 2.05) is 18.2 Å². The van der Waals surface area contributed by atoms with E-state index in [9.17, 15) is 0 Å². The molecule has 2 N–H and O–H groups in total. The van der Waals surface area contributed by atoms with Gasteiger partial charge in [-0.25, -0.2) is 0 Å². The molecule has 7 nitrogen and oxygen atoms in total. The molecule has 2 aliphatic heterocycles. The van der Waals surface area contributed by atoms with E-state index >= 15 is 0 Å². The molecule has 2 aromatic rings. The summed E-state index contributed by atoms with van der Waals surface area (Å²) < 4.78 is 11.5. The summed E-state index contributed by atoms with van der Waals surface area (Å²) in [7, 11) is 4.01. The van der Waals surface area contributed by atoms with Gasteiger partial charge in [0.05, 0.1) is 13.2 Å². The standard InChI is InChI=1S/C25H35N5O2/c1-26-25(28-21-10-11-23-24(18-21)32-17-7-16-31-23)27-12-6-13-30-15-14-29(2)19-22(30)20-8-4-3-5-9-20/h3-5,8-11,18,22H,6-7,12-17,19H2,1-2H3,(H2,26,27,28). The first kappa shape index (κ1) is 22.4. The minimum Gasteiger partial charge on any atom is -0.490 e. The number of hydrogen-bond acceptors (Lipinski definition) is 5. The number of anilines is 1. The fourth-order valence-corrected chi connectivity index (χ4v) is 4.26. The Kier molecular flexibility index (Phi) is 7.85. The van der Waals surface area contributed by atoms with Crippen molar-refractivity contribution >= 4 is 11.6 Å². The Bertz CT molecular complexity index is 889. The summed E-state index contributed by atoms with van der Waals surface area (Å²) in [5, 5.41) is 6.80. The van der Waals surface area contributed by atoms with Crippen LogP contribution in [0.25, 0.3) is 0 Å².